The van der Waals surface area contributed by atoms with Gasteiger partial charge in [-0.3, -0.25) is 28.2 Å². The Morgan fingerprint density at radius 1 is 0.339 bits per heavy atom. The lowest BCUT2D eigenvalue weighted by atomic mass is 9.84. The molecule has 2 saturated heterocycles. The van der Waals surface area contributed by atoms with Crippen LogP contribution in [0.5, 0.6) is 0 Å². The van der Waals surface area contributed by atoms with E-state index in [9.17, 15) is 74.6 Å². The van der Waals surface area contributed by atoms with Gasteiger partial charge in [-0.25, -0.2) is 4.57 Å². The first-order valence-electron chi connectivity index (χ1n) is 45.7. The maximum Gasteiger partial charge on any atom is 0.472 e. The standard InChI is InChI=1S/C89H161O25P/c1-5-9-13-17-21-25-29-33-35-39-43-47-51-55-59-63-74(93)108-69(66-105-72(91)61-57-53-49-45-41-37-31-27-23-19-15-11-7-3)67-107-115(103,104)114-87-85(112-88-82(101)78(97)76(95)70(65-90)109-88)81(100)80(99)84(111-75(94)64-60-56-52-48-44-40-36-34-30-26-22-18-14-10-6-2)86(87)113-89-83(102)79(98)77(96)71(110-89)68-106-73(92)62-58-54-50-46-42-38-32-28-24-20-16-12-8-4/h25,29,37-38,41-42,69-71,76-90,95-102H,5-24,26-28,30-36,39-40,43-68H2,1-4H3,(H,103,104)/b29-25-,41-37-,42-38-. The summed E-state index contributed by atoms with van der Waals surface area (Å²) in [5.41, 5.74) is 0. The predicted molar refractivity (Wildman–Crippen MR) is 444 cm³/mol. The van der Waals surface area contributed by atoms with E-state index in [-0.39, 0.29) is 25.7 Å². The van der Waals surface area contributed by atoms with Gasteiger partial charge in [0.15, 0.2) is 24.8 Å². The Morgan fingerprint density at radius 3 is 1.05 bits per heavy atom. The molecule has 0 aromatic carbocycles. The summed E-state index contributed by atoms with van der Waals surface area (Å²) in [7, 11) is -5.81. The first-order chi connectivity index (χ1) is 55.7. The van der Waals surface area contributed by atoms with Crippen molar-refractivity contribution in [3.8, 4) is 0 Å². The molecule has 26 heteroatoms. The number of carbonyl (C=O) groups is 4. The van der Waals surface area contributed by atoms with Crippen LogP contribution in [0.3, 0.4) is 0 Å². The van der Waals surface area contributed by atoms with Gasteiger partial charge in [0.1, 0.15) is 92.6 Å². The predicted octanol–water partition coefficient (Wildman–Crippen LogP) is 16.3. The van der Waals surface area contributed by atoms with Crippen LogP contribution in [0.1, 0.15) is 374 Å². The minimum Gasteiger partial charge on any atom is -0.463 e. The third kappa shape index (κ3) is 48.8. The van der Waals surface area contributed by atoms with Gasteiger partial charge < -0.3 is 88.7 Å². The second-order valence-electron chi connectivity index (χ2n) is 32.4. The molecule has 2 heterocycles. The monoisotopic (exact) mass is 1660 g/mol. The fourth-order valence-corrected chi connectivity index (χ4v) is 15.7. The molecule has 25 nitrogen and oxygen atoms in total. The number of hydrogen-bond acceptors (Lipinski definition) is 24. The highest BCUT2D eigenvalue weighted by Gasteiger charge is 2.60. The lowest BCUT2D eigenvalue weighted by molar-refractivity contribution is -0.360. The molecule has 0 amide bonds. The van der Waals surface area contributed by atoms with Crippen molar-refractivity contribution in [1.82, 2.24) is 0 Å². The smallest absolute Gasteiger partial charge is 0.463 e. The van der Waals surface area contributed by atoms with Crippen molar-refractivity contribution in [2.75, 3.05) is 26.4 Å². The van der Waals surface area contributed by atoms with E-state index < -0.39 is 162 Å². The highest BCUT2D eigenvalue weighted by atomic mass is 31.2. The lowest BCUT2D eigenvalue weighted by Crippen LogP contribution is -2.70. The van der Waals surface area contributed by atoms with E-state index in [0.29, 0.717) is 44.9 Å². The summed E-state index contributed by atoms with van der Waals surface area (Å²) in [6.07, 6.45) is 28.7. The second-order valence-corrected chi connectivity index (χ2v) is 33.9. The molecule has 0 spiro atoms. The van der Waals surface area contributed by atoms with Crippen molar-refractivity contribution >= 4 is 31.7 Å². The Kier molecular flexibility index (Phi) is 62.8. The zero-order valence-corrected chi connectivity index (χ0v) is 72.2. The summed E-state index contributed by atoms with van der Waals surface area (Å²) in [6.45, 7) is 5.52. The number of aliphatic hydroxyl groups is 9. The molecule has 2 aliphatic heterocycles. The molecule has 3 aliphatic rings. The van der Waals surface area contributed by atoms with Gasteiger partial charge in [-0.05, 0) is 103 Å². The molecular weight excluding hydrogens is 1500 g/mol. The second kappa shape index (κ2) is 68.3. The zero-order valence-electron chi connectivity index (χ0n) is 71.3. The number of unbranched alkanes of at least 4 members (excludes halogenated alkanes) is 43. The maximum absolute atomic E-state index is 14.9. The van der Waals surface area contributed by atoms with Crippen LogP contribution in [0.15, 0.2) is 36.5 Å². The highest BCUT2D eigenvalue weighted by molar-refractivity contribution is 7.47. The molecule has 115 heavy (non-hydrogen) atoms. The fraction of sp³-hybridized carbons (Fsp3) is 0.888. The van der Waals surface area contributed by atoms with Crippen molar-refractivity contribution in [3.63, 3.8) is 0 Å². The van der Waals surface area contributed by atoms with Crippen LogP contribution in [-0.2, 0) is 70.7 Å². The quantitative estimate of drug-likeness (QED) is 0.00889. The minimum absolute atomic E-state index is 0.00726. The molecule has 10 N–H and O–H groups in total. The SMILES string of the molecule is CCCCCC/C=C\CCCCCCCCCC(=O)OC(COC(=O)CCCCC/C=C\CCCCCCCC)COP(=O)(O)OC1C(OC2OC(CO)C(O)C(O)C2O)C(O)C(O)C(OC(=O)CCCCCCCCCCCCCCCCC)C1OC1OC(COC(=O)CCCCC/C=C\CCCCCCCC)C(O)C(O)C1O. The highest BCUT2D eigenvalue weighted by Crippen LogP contribution is 2.49. The molecule has 18 atom stereocenters. The summed E-state index contributed by atoms with van der Waals surface area (Å²) >= 11 is 0. The van der Waals surface area contributed by atoms with E-state index in [2.05, 4.69) is 64.2 Å². The normalized spacial score (nSPS) is 25.4. The van der Waals surface area contributed by atoms with Crippen molar-refractivity contribution in [1.29, 1.82) is 0 Å². The lowest BCUT2D eigenvalue weighted by Gasteiger charge is -2.50. The van der Waals surface area contributed by atoms with Crippen molar-refractivity contribution in [2.45, 2.75) is 479 Å². The number of phosphoric acid groups is 1. The Hall–Kier alpha value is -3.31. The molecule has 672 valence electrons. The number of aliphatic hydroxyl groups excluding tert-OH is 9. The van der Waals surface area contributed by atoms with Gasteiger partial charge in [0.25, 0.3) is 0 Å². The summed E-state index contributed by atoms with van der Waals surface area (Å²) in [5.74, 6) is -3.01. The summed E-state index contributed by atoms with van der Waals surface area (Å²) in [5, 5.41) is 102. The minimum atomic E-state index is -5.81. The average molecular weight is 1660 g/mol. The number of allylic oxidation sites excluding steroid dienone is 6. The average Bonchev–Trinajstić information content (AvgIpc) is 0.750. The topological polar surface area (TPSA) is 380 Å². The van der Waals surface area contributed by atoms with Crippen molar-refractivity contribution in [3.05, 3.63) is 36.5 Å². The summed E-state index contributed by atoms with van der Waals surface area (Å²) in [4.78, 5) is 66.3. The van der Waals surface area contributed by atoms with Crippen molar-refractivity contribution < 1.29 is 122 Å². The Balaban J connectivity index is 1.94. The van der Waals surface area contributed by atoms with Crippen LogP contribution in [-0.4, -0.2) is 205 Å². The van der Waals surface area contributed by atoms with Crippen LogP contribution in [0, 0.1) is 0 Å². The first-order valence-corrected chi connectivity index (χ1v) is 47.2. The first kappa shape index (κ1) is 106. The number of rotatable bonds is 73. The summed E-state index contributed by atoms with van der Waals surface area (Å²) in [6, 6.07) is 0. The molecular formula is C89H161O25P. The summed E-state index contributed by atoms with van der Waals surface area (Å²) < 4.78 is 73.3. The molecule has 0 aromatic rings. The molecule has 3 rings (SSSR count). The van der Waals surface area contributed by atoms with Gasteiger partial charge >= 0.3 is 31.7 Å². The van der Waals surface area contributed by atoms with Gasteiger partial charge in [0.05, 0.1) is 13.2 Å². The van der Waals surface area contributed by atoms with E-state index in [0.717, 1.165) is 135 Å². The van der Waals surface area contributed by atoms with Crippen LogP contribution in [0.4, 0.5) is 0 Å². The zero-order chi connectivity index (χ0) is 84.0. The number of carbonyl (C=O) groups excluding carboxylic acids is 4. The molecule has 1 aliphatic carbocycles. The number of phosphoric ester groups is 1. The van der Waals surface area contributed by atoms with Gasteiger partial charge in [-0.2, -0.15) is 0 Å². The van der Waals surface area contributed by atoms with E-state index in [1.165, 1.54) is 141 Å². The van der Waals surface area contributed by atoms with E-state index in [1.54, 1.807) is 0 Å². The molecule has 0 bridgehead atoms. The molecule has 18 unspecified atom stereocenters. The third-order valence-electron chi connectivity index (χ3n) is 22.1. The molecule has 0 radical (unpaired) electrons. The van der Waals surface area contributed by atoms with Crippen LogP contribution in [0.25, 0.3) is 0 Å². The third-order valence-corrected chi connectivity index (χ3v) is 23.1. The van der Waals surface area contributed by atoms with Crippen molar-refractivity contribution in [2.24, 2.45) is 0 Å². The molecule has 0 aromatic heterocycles. The van der Waals surface area contributed by atoms with Gasteiger partial charge in [-0.15, -0.1) is 0 Å². The number of hydrogen-bond donors (Lipinski definition) is 10. The van der Waals surface area contributed by atoms with Crippen LogP contribution < -0.4 is 0 Å². The van der Waals surface area contributed by atoms with E-state index in [4.69, 9.17) is 46.9 Å². The fourth-order valence-electron chi connectivity index (χ4n) is 14.8. The number of esters is 4. The Labute approximate surface area is 691 Å². The van der Waals surface area contributed by atoms with Crippen LogP contribution >= 0.6 is 7.82 Å². The largest absolute Gasteiger partial charge is 0.472 e. The molecule has 1 saturated carbocycles. The Bertz CT molecular complexity index is 2540. The number of ether oxygens (including phenoxy) is 8. The van der Waals surface area contributed by atoms with Crippen LogP contribution in [0.2, 0.25) is 0 Å². The molecule has 3 fully saturated rings. The van der Waals surface area contributed by atoms with E-state index in [1.807, 2.05) is 0 Å². The maximum atomic E-state index is 14.9. The van der Waals surface area contributed by atoms with Gasteiger partial charge in [0, 0.05) is 25.7 Å². The van der Waals surface area contributed by atoms with E-state index >= 15 is 0 Å². The van der Waals surface area contributed by atoms with Gasteiger partial charge in [0.2, 0.25) is 0 Å². The Morgan fingerprint density at radius 2 is 0.652 bits per heavy atom. The van der Waals surface area contributed by atoms with Gasteiger partial charge in [-0.1, -0.05) is 282 Å².